The number of nitrogens with zero attached hydrogens (tertiary/aromatic N) is 5. The minimum absolute atomic E-state index is 0.0728. The first kappa shape index (κ1) is 14.1. The highest BCUT2D eigenvalue weighted by molar-refractivity contribution is 5.64. The van der Waals surface area contributed by atoms with Crippen LogP contribution in [0.5, 0.6) is 0 Å². The lowest BCUT2D eigenvalue weighted by atomic mass is 9.97. The van der Waals surface area contributed by atoms with E-state index in [1.165, 1.54) is 0 Å². The molecule has 6 nitrogen and oxygen atoms in total. The fourth-order valence-electron chi connectivity index (χ4n) is 2.99. The minimum atomic E-state index is -0.0728. The molecule has 3 aromatic rings. The van der Waals surface area contributed by atoms with Crippen LogP contribution in [0, 0.1) is 6.92 Å². The molecule has 0 unspecified atom stereocenters. The maximum Gasteiger partial charge on any atom is 0.154 e. The van der Waals surface area contributed by atoms with Crippen LogP contribution in [0.15, 0.2) is 36.7 Å². The Labute approximate surface area is 134 Å². The molecule has 0 N–H and O–H groups in total. The van der Waals surface area contributed by atoms with Crippen LogP contribution >= 0.6 is 0 Å². The normalized spacial score (nSPS) is 16.6. The van der Waals surface area contributed by atoms with E-state index in [1.807, 2.05) is 48.1 Å². The zero-order valence-electron chi connectivity index (χ0n) is 13.5. The lowest BCUT2D eigenvalue weighted by Crippen LogP contribution is -2.61. The van der Waals surface area contributed by atoms with Gasteiger partial charge < -0.3 is 9.64 Å². The van der Waals surface area contributed by atoms with Crippen molar-refractivity contribution in [3.8, 4) is 11.3 Å². The van der Waals surface area contributed by atoms with E-state index in [9.17, 15) is 0 Å². The lowest BCUT2D eigenvalue weighted by Gasteiger charge is -2.47. The first-order valence-electron chi connectivity index (χ1n) is 7.66. The highest BCUT2D eigenvalue weighted by Gasteiger charge is 2.39. The van der Waals surface area contributed by atoms with Crippen LogP contribution in [-0.4, -0.2) is 45.4 Å². The van der Waals surface area contributed by atoms with Crippen molar-refractivity contribution >= 4 is 11.5 Å². The van der Waals surface area contributed by atoms with Crippen molar-refractivity contribution in [1.82, 2.24) is 19.6 Å². The van der Waals surface area contributed by atoms with Gasteiger partial charge in [0.05, 0.1) is 30.6 Å². The SMILES string of the molecule is COC1(C)CN(c2ccc3ncc(-c4ccnc(C)c4)n3n2)C1. The molecular weight excluding hydrogens is 290 g/mol. The van der Waals surface area contributed by atoms with E-state index in [-0.39, 0.29) is 5.60 Å². The van der Waals surface area contributed by atoms with E-state index in [2.05, 4.69) is 21.8 Å². The fourth-order valence-corrected chi connectivity index (χ4v) is 2.99. The zero-order chi connectivity index (χ0) is 16.0. The summed E-state index contributed by atoms with van der Waals surface area (Å²) in [5.74, 6) is 0.942. The maximum atomic E-state index is 5.51. The number of rotatable bonds is 3. The quantitative estimate of drug-likeness (QED) is 0.743. The number of anilines is 1. The molecule has 23 heavy (non-hydrogen) atoms. The van der Waals surface area contributed by atoms with E-state index in [0.717, 1.165) is 41.5 Å². The van der Waals surface area contributed by atoms with E-state index >= 15 is 0 Å². The van der Waals surface area contributed by atoms with Gasteiger partial charge in [0, 0.05) is 24.6 Å². The van der Waals surface area contributed by atoms with Gasteiger partial charge in [0.15, 0.2) is 5.65 Å². The van der Waals surface area contributed by atoms with Crippen LogP contribution in [0.25, 0.3) is 16.9 Å². The third kappa shape index (κ3) is 2.35. The second kappa shape index (κ2) is 5.03. The van der Waals surface area contributed by atoms with Gasteiger partial charge in [-0.2, -0.15) is 0 Å². The fraction of sp³-hybridized carbons (Fsp3) is 0.353. The molecule has 118 valence electrons. The smallest absolute Gasteiger partial charge is 0.154 e. The van der Waals surface area contributed by atoms with Crippen molar-refractivity contribution in [3.63, 3.8) is 0 Å². The van der Waals surface area contributed by atoms with Gasteiger partial charge in [-0.25, -0.2) is 9.50 Å². The van der Waals surface area contributed by atoms with E-state index < -0.39 is 0 Å². The summed E-state index contributed by atoms with van der Waals surface area (Å²) >= 11 is 0. The number of hydrogen-bond donors (Lipinski definition) is 0. The molecule has 0 spiro atoms. The van der Waals surface area contributed by atoms with Crippen LogP contribution in [0.1, 0.15) is 12.6 Å². The van der Waals surface area contributed by atoms with Crippen LogP contribution in [0.3, 0.4) is 0 Å². The Morgan fingerprint density at radius 2 is 2.00 bits per heavy atom. The first-order chi connectivity index (χ1) is 11.1. The summed E-state index contributed by atoms with van der Waals surface area (Å²) in [4.78, 5) is 10.9. The molecule has 1 saturated heterocycles. The standard InChI is InChI=1S/C17H19N5O/c1-12-8-13(6-7-18-12)14-9-19-15-4-5-16(20-22(14)15)21-10-17(2,11-21)23-3/h4-9H,10-11H2,1-3H3. The number of fused-ring (bicyclic) bond motifs is 1. The molecular formula is C17H19N5O. The lowest BCUT2D eigenvalue weighted by molar-refractivity contribution is -0.0172. The molecule has 1 aliphatic rings. The number of ether oxygens (including phenoxy) is 1. The molecule has 1 fully saturated rings. The number of imidazole rings is 1. The molecule has 4 rings (SSSR count). The van der Waals surface area contributed by atoms with E-state index in [0.29, 0.717) is 0 Å². The first-order valence-corrected chi connectivity index (χ1v) is 7.66. The highest BCUT2D eigenvalue weighted by Crippen LogP contribution is 2.29. The Kier molecular flexibility index (Phi) is 3.09. The molecule has 6 heteroatoms. The van der Waals surface area contributed by atoms with Crippen molar-refractivity contribution in [3.05, 3.63) is 42.4 Å². The van der Waals surface area contributed by atoms with Gasteiger partial charge in [0.1, 0.15) is 5.82 Å². The predicted octanol–water partition coefficient (Wildman–Crippen LogP) is 2.32. The molecule has 0 atom stereocenters. The van der Waals surface area contributed by atoms with Crippen LogP contribution < -0.4 is 4.90 Å². The van der Waals surface area contributed by atoms with Gasteiger partial charge >= 0.3 is 0 Å². The molecule has 3 aromatic heterocycles. The van der Waals surface area contributed by atoms with Gasteiger partial charge in [0.2, 0.25) is 0 Å². The Morgan fingerprint density at radius 3 is 2.74 bits per heavy atom. The summed E-state index contributed by atoms with van der Waals surface area (Å²) in [5, 5.41) is 4.77. The molecule has 1 aliphatic heterocycles. The second-order valence-corrected chi connectivity index (χ2v) is 6.30. The average molecular weight is 309 g/mol. The molecule has 0 radical (unpaired) electrons. The number of aromatic nitrogens is 4. The van der Waals surface area contributed by atoms with Crippen molar-refractivity contribution in [2.45, 2.75) is 19.4 Å². The van der Waals surface area contributed by atoms with E-state index in [1.54, 1.807) is 7.11 Å². The molecule has 0 amide bonds. The second-order valence-electron chi connectivity index (χ2n) is 6.30. The Hall–Kier alpha value is -2.47. The summed E-state index contributed by atoms with van der Waals surface area (Å²) in [6.45, 7) is 5.79. The number of methoxy groups -OCH3 is 1. The third-order valence-corrected chi connectivity index (χ3v) is 4.41. The number of aryl methyl sites for hydroxylation is 1. The van der Waals surface area contributed by atoms with Crippen molar-refractivity contribution in [1.29, 1.82) is 0 Å². The summed E-state index contributed by atoms with van der Waals surface area (Å²) in [5.41, 5.74) is 3.79. The Bertz CT molecular complexity index is 866. The highest BCUT2D eigenvalue weighted by atomic mass is 16.5. The number of pyridine rings is 1. The van der Waals surface area contributed by atoms with Gasteiger partial charge in [-0.1, -0.05) is 0 Å². The van der Waals surface area contributed by atoms with Gasteiger partial charge in [-0.3, -0.25) is 4.98 Å². The van der Waals surface area contributed by atoms with Gasteiger partial charge in [0.25, 0.3) is 0 Å². The summed E-state index contributed by atoms with van der Waals surface area (Å²) < 4.78 is 7.40. The molecule has 0 aliphatic carbocycles. The average Bonchev–Trinajstić information content (AvgIpc) is 2.95. The van der Waals surface area contributed by atoms with E-state index in [4.69, 9.17) is 9.84 Å². The monoisotopic (exact) mass is 309 g/mol. The predicted molar refractivity (Wildman–Crippen MR) is 88.6 cm³/mol. The Balaban J connectivity index is 1.73. The van der Waals surface area contributed by atoms with Gasteiger partial charge in [-0.15, -0.1) is 5.10 Å². The maximum absolute atomic E-state index is 5.51. The van der Waals surface area contributed by atoms with Crippen LogP contribution in [0.2, 0.25) is 0 Å². The number of hydrogen-bond acceptors (Lipinski definition) is 5. The summed E-state index contributed by atoms with van der Waals surface area (Å²) in [6.07, 6.45) is 3.67. The van der Waals surface area contributed by atoms with Crippen LogP contribution in [-0.2, 0) is 4.74 Å². The molecule has 4 heterocycles. The molecule has 0 bridgehead atoms. The summed E-state index contributed by atoms with van der Waals surface area (Å²) in [6, 6.07) is 8.04. The third-order valence-electron chi connectivity index (χ3n) is 4.41. The van der Waals surface area contributed by atoms with Crippen molar-refractivity contribution in [2.75, 3.05) is 25.1 Å². The minimum Gasteiger partial charge on any atom is -0.375 e. The molecule has 0 aromatic carbocycles. The topological polar surface area (TPSA) is 55.5 Å². The molecule has 0 saturated carbocycles. The van der Waals surface area contributed by atoms with Gasteiger partial charge in [-0.05, 0) is 38.1 Å². The van der Waals surface area contributed by atoms with Crippen molar-refractivity contribution in [2.24, 2.45) is 0 Å². The largest absolute Gasteiger partial charge is 0.375 e. The van der Waals surface area contributed by atoms with Crippen molar-refractivity contribution < 1.29 is 4.74 Å². The zero-order valence-corrected chi connectivity index (χ0v) is 13.5. The summed E-state index contributed by atoms with van der Waals surface area (Å²) in [7, 11) is 1.76. The van der Waals surface area contributed by atoms with Crippen LogP contribution in [0.4, 0.5) is 5.82 Å². The Morgan fingerprint density at radius 1 is 1.17 bits per heavy atom.